The van der Waals surface area contributed by atoms with Crippen LogP contribution in [0.3, 0.4) is 0 Å². The summed E-state index contributed by atoms with van der Waals surface area (Å²) in [5, 5.41) is 3.33. The first-order valence-electron chi connectivity index (χ1n) is 6.89. The van der Waals surface area contributed by atoms with Gasteiger partial charge in [-0.15, -0.1) is 0 Å². The molecule has 0 bridgehead atoms. The van der Waals surface area contributed by atoms with Crippen LogP contribution in [0.25, 0.3) is 0 Å². The van der Waals surface area contributed by atoms with E-state index in [1.54, 1.807) is 0 Å². The van der Waals surface area contributed by atoms with Gasteiger partial charge in [-0.05, 0) is 36.1 Å². The standard InChI is InChI=1S/C16H26N2/c1-12-8-14(16(2,3)4)7-6-13(12)11-18(5)15-9-17-10-15/h6-8,15,17H,9-11H2,1-5H3. The van der Waals surface area contributed by atoms with Gasteiger partial charge in [0.05, 0.1) is 0 Å². The second kappa shape index (κ2) is 5.02. The van der Waals surface area contributed by atoms with Gasteiger partial charge in [-0.3, -0.25) is 4.90 Å². The lowest BCUT2D eigenvalue weighted by molar-refractivity contribution is 0.173. The summed E-state index contributed by atoms with van der Waals surface area (Å²) in [6.45, 7) is 12.4. The first-order chi connectivity index (χ1) is 8.38. The normalized spacial score (nSPS) is 17.0. The van der Waals surface area contributed by atoms with Crippen molar-refractivity contribution in [3.05, 3.63) is 34.9 Å². The minimum atomic E-state index is 0.243. The van der Waals surface area contributed by atoms with Crippen molar-refractivity contribution in [1.29, 1.82) is 0 Å². The molecule has 0 saturated carbocycles. The van der Waals surface area contributed by atoms with Crippen LogP contribution in [0.1, 0.15) is 37.5 Å². The molecule has 0 radical (unpaired) electrons. The zero-order valence-corrected chi connectivity index (χ0v) is 12.4. The Morgan fingerprint density at radius 1 is 1.28 bits per heavy atom. The fourth-order valence-electron chi connectivity index (χ4n) is 2.32. The highest BCUT2D eigenvalue weighted by atomic mass is 15.2. The third-order valence-electron chi connectivity index (χ3n) is 4.01. The van der Waals surface area contributed by atoms with Crippen molar-refractivity contribution < 1.29 is 0 Å². The first kappa shape index (κ1) is 13.6. The van der Waals surface area contributed by atoms with Gasteiger partial charge in [0, 0.05) is 25.7 Å². The lowest BCUT2D eigenvalue weighted by Gasteiger charge is -2.36. The molecule has 0 spiro atoms. The number of likely N-dealkylation sites (N-methyl/N-ethyl adjacent to an activating group) is 1. The quantitative estimate of drug-likeness (QED) is 0.882. The molecule has 2 rings (SSSR count). The first-order valence-corrected chi connectivity index (χ1v) is 6.89. The molecule has 1 saturated heterocycles. The Kier molecular flexibility index (Phi) is 3.79. The maximum atomic E-state index is 3.33. The van der Waals surface area contributed by atoms with E-state index in [4.69, 9.17) is 0 Å². The predicted molar refractivity (Wildman–Crippen MR) is 78.0 cm³/mol. The number of rotatable bonds is 3. The summed E-state index contributed by atoms with van der Waals surface area (Å²) in [6, 6.07) is 7.65. The molecule has 0 aromatic heterocycles. The summed E-state index contributed by atoms with van der Waals surface area (Å²) >= 11 is 0. The molecule has 0 amide bonds. The van der Waals surface area contributed by atoms with Gasteiger partial charge in [-0.2, -0.15) is 0 Å². The lowest BCUT2D eigenvalue weighted by Crippen LogP contribution is -2.55. The molecular formula is C16H26N2. The van der Waals surface area contributed by atoms with Gasteiger partial charge in [0.1, 0.15) is 0 Å². The van der Waals surface area contributed by atoms with E-state index in [-0.39, 0.29) is 5.41 Å². The lowest BCUT2D eigenvalue weighted by atomic mass is 9.85. The van der Waals surface area contributed by atoms with Crippen LogP contribution in [-0.2, 0) is 12.0 Å². The molecule has 2 nitrogen and oxygen atoms in total. The average molecular weight is 246 g/mol. The summed E-state index contributed by atoms with van der Waals surface area (Å²) in [4.78, 5) is 2.45. The van der Waals surface area contributed by atoms with Gasteiger partial charge in [-0.1, -0.05) is 39.0 Å². The average Bonchev–Trinajstić information content (AvgIpc) is 2.16. The van der Waals surface area contributed by atoms with Crippen molar-refractivity contribution in [3.8, 4) is 0 Å². The second-order valence-corrected chi connectivity index (χ2v) is 6.62. The van der Waals surface area contributed by atoms with Crippen molar-refractivity contribution in [1.82, 2.24) is 10.2 Å². The predicted octanol–water partition coefficient (Wildman–Crippen LogP) is 2.70. The van der Waals surface area contributed by atoms with Crippen molar-refractivity contribution >= 4 is 0 Å². The largest absolute Gasteiger partial charge is 0.314 e. The highest BCUT2D eigenvalue weighted by Gasteiger charge is 2.22. The van der Waals surface area contributed by atoms with Crippen LogP contribution in [0.2, 0.25) is 0 Å². The number of hydrogen-bond donors (Lipinski definition) is 1. The SMILES string of the molecule is Cc1cc(C(C)(C)C)ccc1CN(C)C1CNC1. The Bertz CT molecular complexity index is 414. The number of nitrogens with one attached hydrogen (secondary N) is 1. The molecule has 0 unspecified atom stereocenters. The smallest absolute Gasteiger partial charge is 0.0345 e. The maximum absolute atomic E-state index is 3.33. The highest BCUT2D eigenvalue weighted by molar-refractivity contribution is 5.34. The zero-order chi connectivity index (χ0) is 13.3. The molecular weight excluding hydrogens is 220 g/mol. The highest BCUT2D eigenvalue weighted by Crippen LogP contribution is 2.25. The van der Waals surface area contributed by atoms with E-state index < -0.39 is 0 Å². The summed E-state index contributed by atoms with van der Waals surface area (Å²) < 4.78 is 0. The van der Waals surface area contributed by atoms with Gasteiger partial charge >= 0.3 is 0 Å². The minimum Gasteiger partial charge on any atom is -0.314 e. The van der Waals surface area contributed by atoms with Crippen LogP contribution in [0.4, 0.5) is 0 Å². The zero-order valence-electron chi connectivity index (χ0n) is 12.4. The van der Waals surface area contributed by atoms with Crippen LogP contribution >= 0.6 is 0 Å². The molecule has 100 valence electrons. The van der Waals surface area contributed by atoms with E-state index >= 15 is 0 Å². The molecule has 1 fully saturated rings. The molecule has 1 aliphatic heterocycles. The van der Waals surface area contributed by atoms with E-state index in [2.05, 4.69) is 63.2 Å². The molecule has 0 atom stereocenters. The molecule has 1 N–H and O–H groups in total. The number of aryl methyl sites for hydroxylation is 1. The van der Waals surface area contributed by atoms with Crippen LogP contribution in [0.15, 0.2) is 18.2 Å². The summed E-state index contributed by atoms with van der Waals surface area (Å²) in [5.74, 6) is 0. The number of hydrogen-bond acceptors (Lipinski definition) is 2. The van der Waals surface area contributed by atoms with E-state index in [0.29, 0.717) is 6.04 Å². The summed E-state index contributed by atoms with van der Waals surface area (Å²) in [6.07, 6.45) is 0. The van der Waals surface area contributed by atoms with Crippen LogP contribution in [0.5, 0.6) is 0 Å². The van der Waals surface area contributed by atoms with Gasteiger partial charge in [-0.25, -0.2) is 0 Å². The van der Waals surface area contributed by atoms with Crippen LogP contribution in [0, 0.1) is 6.92 Å². The van der Waals surface area contributed by atoms with Gasteiger partial charge < -0.3 is 5.32 Å². The van der Waals surface area contributed by atoms with Gasteiger partial charge in [0.25, 0.3) is 0 Å². The Morgan fingerprint density at radius 3 is 2.39 bits per heavy atom. The Morgan fingerprint density at radius 2 is 1.94 bits per heavy atom. The maximum Gasteiger partial charge on any atom is 0.0345 e. The number of nitrogens with zero attached hydrogens (tertiary/aromatic N) is 1. The summed E-state index contributed by atoms with van der Waals surface area (Å²) in [7, 11) is 2.22. The van der Waals surface area contributed by atoms with E-state index in [1.807, 2.05) is 0 Å². The van der Waals surface area contributed by atoms with E-state index in [0.717, 1.165) is 19.6 Å². The van der Waals surface area contributed by atoms with E-state index in [9.17, 15) is 0 Å². The van der Waals surface area contributed by atoms with Crippen LogP contribution in [-0.4, -0.2) is 31.1 Å². The second-order valence-electron chi connectivity index (χ2n) is 6.62. The molecule has 1 aromatic rings. The van der Waals surface area contributed by atoms with Crippen molar-refractivity contribution in [2.45, 2.75) is 45.7 Å². The third-order valence-corrected chi connectivity index (χ3v) is 4.01. The van der Waals surface area contributed by atoms with Gasteiger partial charge in [0.2, 0.25) is 0 Å². The molecule has 1 aliphatic rings. The van der Waals surface area contributed by atoms with Gasteiger partial charge in [0.15, 0.2) is 0 Å². The summed E-state index contributed by atoms with van der Waals surface area (Å²) in [5.41, 5.74) is 4.54. The Balaban J connectivity index is 2.09. The molecule has 1 heterocycles. The third kappa shape index (κ3) is 2.93. The fourth-order valence-corrected chi connectivity index (χ4v) is 2.32. The number of benzene rings is 1. The molecule has 0 aliphatic carbocycles. The monoisotopic (exact) mass is 246 g/mol. The molecule has 18 heavy (non-hydrogen) atoms. The topological polar surface area (TPSA) is 15.3 Å². The van der Waals surface area contributed by atoms with Crippen molar-refractivity contribution in [2.75, 3.05) is 20.1 Å². The minimum absolute atomic E-state index is 0.243. The van der Waals surface area contributed by atoms with Crippen molar-refractivity contribution in [3.63, 3.8) is 0 Å². The Labute approximate surface area is 111 Å². The van der Waals surface area contributed by atoms with Crippen molar-refractivity contribution in [2.24, 2.45) is 0 Å². The Hall–Kier alpha value is -0.860. The molecule has 2 heteroatoms. The van der Waals surface area contributed by atoms with Crippen LogP contribution < -0.4 is 5.32 Å². The fraction of sp³-hybridized carbons (Fsp3) is 0.625. The van der Waals surface area contributed by atoms with E-state index in [1.165, 1.54) is 16.7 Å². The molecule has 1 aromatic carbocycles.